The van der Waals surface area contributed by atoms with Gasteiger partial charge in [0.05, 0.1) is 29.0 Å². The molecule has 222 valence electrons. The number of nitrogens with zero attached hydrogens (tertiary/aromatic N) is 9. The molecule has 1 N–H and O–H groups in total. The average Bonchev–Trinajstić information content (AvgIpc) is 3.63. The quantitative estimate of drug-likeness (QED) is 0.245. The third kappa shape index (κ3) is 6.13. The molecule has 43 heavy (non-hydrogen) atoms. The zero-order valence-electron chi connectivity index (χ0n) is 23.6. The number of H-pyrrole nitrogens is 1. The molecule has 5 aromatic rings. The molecular formula is C28H30ClFN10O2Si. The number of likely N-dealkylation sites (tertiary alicyclic amines) is 1. The Kier molecular flexibility index (Phi) is 7.59. The highest BCUT2D eigenvalue weighted by atomic mass is 35.5. The minimum Gasteiger partial charge on any atom is -0.474 e. The van der Waals surface area contributed by atoms with Crippen LogP contribution in [0.1, 0.15) is 36.5 Å². The van der Waals surface area contributed by atoms with Gasteiger partial charge in [0.15, 0.2) is 5.82 Å². The molecule has 0 unspecified atom stereocenters. The topological polar surface area (TPSA) is 133 Å². The van der Waals surface area contributed by atoms with Crippen molar-refractivity contribution in [1.82, 2.24) is 50.0 Å². The van der Waals surface area contributed by atoms with E-state index in [9.17, 15) is 4.39 Å². The summed E-state index contributed by atoms with van der Waals surface area (Å²) in [7, 11) is 0.939. The molecule has 4 aromatic heterocycles. The third-order valence-corrected chi connectivity index (χ3v) is 9.45. The Morgan fingerprint density at radius 1 is 1.16 bits per heavy atom. The maximum atomic E-state index is 14.3. The number of benzene rings is 1. The van der Waals surface area contributed by atoms with Gasteiger partial charge in [0.2, 0.25) is 5.88 Å². The highest BCUT2D eigenvalue weighted by molar-refractivity contribution is 6.30. The summed E-state index contributed by atoms with van der Waals surface area (Å²) >= 11 is 5.88. The van der Waals surface area contributed by atoms with Crippen LogP contribution in [0.25, 0.3) is 22.6 Å². The van der Waals surface area contributed by atoms with Crippen LogP contribution >= 0.6 is 11.6 Å². The highest BCUT2D eigenvalue weighted by Gasteiger charge is 2.35. The summed E-state index contributed by atoms with van der Waals surface area (Å²) in [5.74, 6) is 2.13. The maximum Gasteiger partial charge on any atom is 0.216 e. The molecule has 6 heterocycles. The third-order valence-electron chi connectivity index (χ3n) is 8.11. The van der Waals surface area contributed by atoms with E-state index < -0.39 is 0 Å². The van der Waals surface area contributed by atoms with Crippen LogP contribution in [0.3, 0.4) is 0 Å². The second-order valence-electron chi connectivity index (χ2n) is 11.3. The van der Waals surface area contributed by atoms with Gasteiger partial charge in [-0.05, 0) is 53.5 Å². The lowest BCUT2D eigenvalue weighted by atomic mass is 10.1. The number of ether oxygens (including phenoxy) is 2. The van der Waals surface area contributed by atoms with Crippen molar-refractivity contribution in [3.8, 4) is 17.4 Å². The lowest BCUT2D eigenvalue weighted by molar-refractivity contribution is -0.0947. The van der Waals surface area contributed by atoms with Crippen molar-refractivity contribution in [3.05, 3.63) is 70.8 Å². The van der Waals surface area contributed by atoms with E-state index in [0.717, 1.165) is 72.6 Å². The van der Waals surface area contributed by atoms with Crippen LogP contribution < -0.4 is 4.74 Å². The summed E-state index contributed by atoms with van der Waals surface area (Å²) in [5.41, 5.74) is 2.98. The van der Waals surface area contributed by atoms with E-state index in [-0.39, 0.29) is 23.6 Å². The number of hydrogen-bond donors (Lipinski definition) is 1. The molecule has 7 rings (SSSR count). The van der Waals surface area contributed by atoms with Gasteiger partial charge in [0, 0.05) is 60.2 Å². The van der Waals surface area contributed by atoms with E-state index in [1.54, 1.807) is 24.4 Å². The molecule has 12 nitrogen and oxygen atoms in total. The van der Waals surface area contributed by atoms with Gasteiger partial charge in [-0.1, -0.05) is 17.7 Å². The zero-order valence-corrected chi connectivity index (χ0v) is 26.3. The summed E-state index contributed by atoms with van der Waals surface area (Å²) in [6.45, 7) is 4.01. The summed E-state index contributed by atoms with van der Waals surface area (Å²) in [5, 5.41) is 14.4. The maximum absolute atomic E-state index is 14.3. The van der Waals surface area contributed by atoms with Crippen LogP contribution in [0.4, 0.5) is 4.39 Å². The molecule has 1 atom stereocenters. The molecule has 0 spiro atoms. The normalized spacial score (nSPS) is 19.6. The van der Waals surface area contributed by atoms with Crippen molar-refractivity contribution in [2.24, 2.45) is 0 Å². The second-order valence-corrected chi connectivity index (χ2v) is 13.5. The molecule has 0 bridgehead atoms. The van der Waals surface area contributed by atoms with Gasteiger partial charge in [0.25, 0.3) is 0 Å². The molecule has 2 fully saturated rings. The number of halogens is 2. The summed E-state index contributed by atoms with van der Waals surface area (Å²) in [6.07, 6.45) is 6.56. The lowest BCUT2D eigenvalue weighted by Gasteiger charge is -2.40. The summed E-state index contributed by atoms with van der Waals surface area (Å²) in [4.78, 5) is 20.9. The Morgan fingerprint density at radius 2 is 2.02 bits per heavy atom. The van der Waals surface area contributed by atoms with Gasteiger partial charge in [0.1, 0.15) is 29.3 Å². The van der Waals surface area contributed by atoms with Gasteiger partial charge < -0.3 is 14.0 Å². The molecule has 0 aliphatic carbocycles. The molecular weight excluding hydrogens is 591 g/mol. The molecule has 2 aliphatic heterocycles. The van der Waals surface area contributed by atoms with E-state index in [1.807, 2.05) is 12.3 Å². The number of hydrogen-bond acceptors (Lipinski definition) is 10. The fourth-order valence-electron chi connectivity index (χ4n) is 5.60. The Morgan fingerprint density at radius 3 is 2.77 bits per heavy atom. The van der Waals surface area contributed by atoms with E-state index in [1.165, 1.54) is 6.07 Å². The molecule has 0 saturated carbocycles. The molecule has 1 aromatic carbocycles. The second kappa shape index (κ2) is 11.7. The minimum atomic E-state index is -0.372. The number of fused-ring (bicyclic) bond motifs is 1. The first kappa shape index (κ1) is 27.9. The Labute approximate surface area is 254 Å². The summed E-state index contributed by atoms with van der Waals surface area (Å²) in [6, 6.07) is 8.30. The predicted molar refractivity (Wildman–Crippen MR) is 159 cm³/mol. The van der Waals surface area contributed by atoms with Crippen LogP contribution in [0.5, 0.6) is 5.88 Å². The molecule has 2 saturated heterocycles. The minimum absolute atomic E-state index is 0.0284. The monoisotopic (exact) mass is 620 g/mol. The van der Waals surface area contributed by atoms with Crippen molar-refractivity contribution in [2.45, 2.75) is 50.1 Å². The predicted octanol–water partition coefficient (Wildman–Crippen LogP) is 2.31. The van der Waals surface area contributed by atoms with Crippen molar-refractivity contribution in [3.63, 3.8) is 0 Å². The smallest absolute Gasteiger partial charge is 0.216 e. The number of tetrazole rings is 1. The SMILES string of the molecule is Fc1cc(Cl)ccc1Cc1nccc(OC2CCN(Cc3nc4cc(-c5nnn[nH]5)ncc4n3C[C@]3([SiH3])CCO3)CC2)n1. The van der Waals surface area contributed by atoms with Gasteiger partial charge in [-0.15, -0.1) is 5.10 Å². The van der Waals surface area contributed by atoms with E-state index in [2.05, 4.69) is 45.0 Å². The Hall–Kier alpha value is -3.85. The number of nitrogens with one attached hydrogen (secondary N) is 1. The van der Waals surface area contributed by atoms with Gasteiger partial charge in [-0.25, -0.2) is 19.5 Å². The van der Waals surface area contributed by atoms with Crippen molar-refractivity contribution < 1.29 is 13.9 Å². The molecule has 15 heteroatoms. The number of imidazole rings is 1. The van der Waals surface area contributed by atoms with E-state index >= 15 is 0 Å². The van der Waals surface area contributed by atoms with Crippen molar-refractivity contribution >= 4 is 32.9 Å². The van der Waals surface area contributed by atoms with Crippen molar-refractivity contribution in [2.75, 3.05) is 19.7 Å². The van der Waals surface area contributed by atoms with Crippen LogP contribution in [-0.4, -0.2) is 91.3 Å². The van der Waals surface area contributed by atoms with Gasteiger partial charge >= 0.3 is 0 Å². The van der Waals surface area contributed by atoms with Crippen LogP contribution in [0.2, 0.25) is 5.02 Å². The zero-order chi connectivity index (χ0) is 29.4. The van der Waals surface area contributed by atoms with Crippen LogP contribution in [0.15, 0.2) is 42.7 Å². The number of piperidine rings is 1. The van der Waals surface area contributed by atoms with Gasteiger partial charge in [-0.3, -0.25) is 9.88 Å². The van der Waals surface area contributed by atoms with E-state index in [0.29, 0.717) is 40.4 Å². The number of rotatable bonds is 9. The first-order valence-electron chi connectivity index (χ1n) is 14.3. The standard InChI is InChI=1S/C28H30ClFN10O2Si/c29-18-2-1-17(20(30)12-18)11-24-31-7-3-26(34-24)42-19-4-8-39(9-5-19)15-25-33-21-13-22(27-35-37-38-36-27)32-14-23(21)40(25)16-28(43)6-10-41-28/h1-3,7,12-14,19H,4-6,8-11,15-16H2,43H3,(H,35,36,37,38)/t28-/m1/s1. The first-order chi connectivity index (χ1) is 20.9. The number of pyridine rings is 1. The molecule has 0 amide bonds. The molecule has 0 radical (unpaired) electrons. The Balaban J connectivity index is 1.02. The highest BCUT2D eigenvalue weighted by Crippen LogP contribution is 2.29. The number of aromatic amines is 1. The first-order valence-corrected chi connectivity index (χ1v) is 15.7. The lowest BCUT2D eigenvalue weighted by Crippen LogP contribution is -2.48. The van der Waals surface area contributed by atoms with E-state index in [4.69, 9.17) is 26.1 Å². The van der Waals surface area contributed by atoms with Gasteiger partial charge in [-0.2, -0.15) is 4.98 Å². The molecule has 2 aliphatic rings. The Bertz CT molecular complexity index is 1740. The van der Waals surface area contributed by atoms with Crippen molar-refractivity contribution in [1.29, 1.82) is 0 Å². The average molecular weight is 621 g/mol. The van der Waals surface area contributed by atoms with Crippen LogP contribution in [-0.2, 0) is 24.2 Å². The van der Waals surface area contributed by atoms with Crippen LogP contribution in [0, 0.1) is 5.82 Å². The largest absolute Gasteiger partial charge is 0.474 e. The fourth-order valence-corrected chi connectivity index (χ4v) is 6.48. The fraction of sp³-hybridized carbons (Fsp3) is 0.393. The number of aromatic nitrogens is 9. The summed E-state index contributed by atoms with van der Waals surface area (Å²) < 4.78 is 28.8.